The quantitative estimate of drug-likeness (QED) is 0.620. The van der Waals surface area contributed by atoms with Crippen LogP contribution in [0.5, 0.6) is 0 Å². The minimum absolute atomic E-state index is 0.00772. The normalized spacial score (nSPS) is 29.8. The van der Waals surface area contributed by atoms with E-state index in [0.29, 0.717) is 0 Å². The highest BCUT2D eigenvalue weighted by atomic mass is 35.5. The van der Waals surface area contributed by atoms with Crippen molar-refractivity contribution in [3.8, 4) is 0 Å². The molecule has 1 unspecified atom stereocenters. The highest BCUT2D eigenvalue weighted by Crippen LogP contribution is 2.28. The largest absolute Gasteiger partial charge is 0.480 e. The zero-order valence-electron chi connectivity index (χ0n) is 5.55. The van der Waals surface area contributed by atoms with Gasteiger partial charge in [0.05, 0.1) is 0 Å². The number of carboxylic acid groups (broad SMARTS) is 1. The molecule has 0 fully saturated rings. The van der Waals surface area contributed by atoms with Gasteiger partial charge in [-0.15, -0.1) is 11.6 Å². The molecule has 0 amide bonds. The Morgan fingerprint density at radius 2 is 2.45 bits per heavy atom. The summed E-state index contributed by atoms with van der Waals surface area (Å²) in [5.41, 5.74) is 0. The summed E-state index contributed by atoms with van der Waals surface area (Å²) in [7, 11) is 0. The molecule has 1 aliphatic rings. The lowest BCUT2D eigenvalue weighted by molar-refractivity contribution is -0.138. The third kappa shape index (κ3) is 1.60. The lowest BCUT2D eigenvalue weighted by atomic mass is 10.00. The standard InChI is InChI=1S/C7H6ClFO2/c8-7(6(10)11)3-1-5(9)2-4-7/h1-3H,4H2,(H,10,11). The number of carboxylic acids is 1. The Morgan fingerprint density at radius 3 is 2.82 bits per heavy atom. The molecule has 11 heavy (non-hydrogen) atoms. The van der Waals surface area contributed by atoms with Crippen LogP contribution in [-0.2, 0) is 4.79 Å². The summed E-state index contributed by atoms with van der Waals surface area (Å²) >= 11 is 5.58. The molecule has 0 heterocycles. The first kappa shape index (κ1) is 8.27. The first-order chi connectivity index (χ1) is 5.04. The molecule has 0 aromatic heterocycles. The number of allylic oxidation sites excluding steroid dienone is 3. The van der Waals surface area contributed by atoms with Crippen molar-refractivity contribution in [2.45, 2.75) is 11.3 Å². The van der Waals surface area contributed by atoms with Crippen molar-refractivity contribution < 1.29 is 14.3 Å². The van der Waals surface area contributed by atoms with Gasteiger partial charge < -0.3 is 5.11 Å². The van der Waals surface area contributed by atoms with Crippen LogP contribution in [0.1, 0.15) is 6.42 Å². The SMILES string of the molecule is O=C(O)C1(Cl)C=CC(F)=CC1. The van der Waals surface area contributed by atoms with Gasteiger partial charge in [-0.05, 0) is 18.2 Å². The highest BCUT2D eigenvalue weighted by Gasteiger charge is 2.33. The van der Waals surface area contributed by atoms with Crippen LogP contribution in [0.25, 0.3) is 0 Å². The molecule has 0 aromatic carbocycles. The van der Waals surface area contributed by atoms with Gasteiger partial charge in [0.15, 0.2) is 4.87 Å². The Bertz CT molecular complexity index is 247. The minimum Gasteiger partial charge on any atom is -0.480 e. The van der Waals surface area contributed by atoms with Crippen LogP contribution in [0.2, 0.25) is 0 Å². The first-order valence-corrected chi connectivity index (χ1v) is 3.39. The average molecular weight is 177 g/mol. The van der Waals surface area contributed by atoms with Gasteiger partial charge in [0, 0.05) is 6.42 Å². The molecule has 1 N–H and O–H groups in total. The van der Waals surface area contributed by atoms with Crippen LogP contribution < -0.4 is 0 Å². The maximum absolute atomic E-state index is 12.3. The van der Waals surface area contributed by atoms with E-state index >= 15 is 0 Å². The van der Waals surface area contributed by atoms with Gasteiger partial charge in [0.25, 0.3) is 0 Å². The van der Waals surface area contributed by atoms with Crippen LogP contribution in [0.15, 0.2) is 24.1 Å². The Balaban J connectivity index is 2.82. The fourth-order valence-electron chi connectivity index (χ4n) is 0.752. The lowest BCUT2D eigenvalue weighted by Gasteiger charge is -2.17. The Morgan fingerprint density at radius 1 is 1.82 bits per heavy atom. The number of halogens is 2. The third-order valence-electron chi connectivity index (χ3n) is 1.46. The second-order valence-corrected chi connectivity index (χ2v) is 2.97. The number of alkyl halides is 1. The summed E-state index contributed by atoms with van der Waals surface area (Å²) in [6.07, 6.45) is 3.35. The van der Waals surface area contributed by atoms with Crippen LogP contribution in [0.4, 0.5) is 4.39 Å². The van der Waals surface area contributed by atoms with Gasteiger partial charge in [0.2, 0.25) is 0 Å². The maximum Gasteiger partial charge on any atom is 0.329 e. The molecule has 0 bridgehead atoms. The average Bonchev–Trinajstić information content (AvgIpc) is 1.95. The fraction of sp³-hybridized carbons (Fsp3) is 0.286. The second-order valence-electron chi connectivity index (χ2n) is 2.29. The van der Waals surface area contributed by atoms with E-state index < -0.39 is 16.7 Å². The van der Waals surface area contributed by atoms with Crippen molar-refractivity contribution in [3.05, 3.63) is 24.1 Å². The molecule has 0 spiro atoms. The summed E-state index contributed by atoms with van der Waals surface area (Å²) in [6, 6.07) is 0. The van der Waals surface area contributed by atoms with Crippen molar-refractivity contribution in [2.24, 2.45) is 0 Å². The first-order valence-electron chi connectivity index (χ1n) is 3.02. The molecule has 0 saturated heterocycles. The topological polar surface area (TPSA) is 37.3 Å². The number of hydrogen-bond donors (Lipinski definition) is 1. The molecule has 0 saturated carbocycles. The van der Waals surface area contributed by atoms with Crippen molar-refractivity contribution in [3.63, 3.8) is 0 Å². The fourth-order valence-corrected chi connectivity index (χ4v) is 0.893. The van der Waals surface area contributed by atoms with Crippen LogP contribution >= 0.6 is 11.6 Å². The molecule has 0 aromatic rings. The van der Waals surface area contributed by atoms with Crippen molar-refractivity contribution in [1.29, 1.82) is 0 Å². The van der Waals surface area contributed by atoms with E-state index in [1.54, 1.807) is 0 Å². The van der Waals surface area contributed by atoms with Crippen molar-refractivity contribution >= 4 is 17.6 Å². The summed E-state index contributed by atoms with van der Waals surface area (Å²) in [5, 5.41) is 8.55. The molecule has 0 aliphatic heterocycles. The molecule has 60 valence electrons. The maximum atomic E-state index is 12.3. The molecule has 1 aliphatic carbocycles. The van der Waals surface area contributed by atoms with Crippen LogP contribution in [0.3, 0.4) is 0 Å². The van der Waals surface area contributed by atoms with E-state index in [0.717, 1.165) is 18.2 Å². The lowest BCUT2D eigenvalue weighted by Crippen LogP contribution is -2.30. The van der Waals surface area contributed by atoms with E-state index in [4.69, 9.17) is 16.7 Å². The van der Waals surface area contributed by atoms with Crippen molar-refractivity contribution in [2.75, 3.05) is 0 Å². The van der Waals surface area contributed by atoms with Gasteiger partial charge >= 0.3 is 5.97 Å². The summed E-state index contributed by atoms with van der Waals surface area (Å²) in [6.45, 7) is 0. The molecule has 0 radical (unpaired) electrons. The number of carbonyl (C=O) groups is 1. The molecular formula is C7H6ClFO2. The predicted molar refractivity (Wildman–Crippen MR) is 39.2 cm³/mol. The number of rotatable bonds is 1. The summed E-state index contributed by atoms with van der Waals surface area (Å²) in [5.74, 6) is -1.60. The third-order valence-corrected chi connectivity index (χ3v) is 1.90. The zero-order chi connectivity index (χ0) is 8.48. The van der Waals surface area contributed by atoms with Gasteiger partial charge in [-0.3, -0.25) is 0 Å². The molecule has 2 nitrogen and oxygen atoms in total. The van der Waals surface area contributed by atoms with E-state index in [9.17, 15) is 9.18 Å². The second kappa shape index (κ2) is 2.66. The smallest absolute Gasteiger partial charge is 0.329 e. The number of aliphatic carboxylic acids is 1. The molecular weight excluding hydrogens is 171 g/mol. The van der Waals surface area contributed by atoms with Crippen LogP contribution in [0, 0.1) is 0 Å². The summed E-state index contributed by atoms with van der Waals surface area (Å²) in [4.78, 5) is 9.00. The highest BCUT2D eigenvalue weighted by molar-refractivity contribution is 6.35. The Labute approximate surface area is 68.0 Å². The molecule has 1 atom stereocenters. The Kier molecular flexibility index (Phi) is 2.00. The van der Waals surface area contributed by atoms with Gasteiger partial charge in [-0.2, -0.15) is 0 Å². The van der Waals surface area contributed by atoms with E-state index in [1.807, 2.05) is 0 Å². The van der Waals surface area contributed by atoms with Gasteiger partial charge in [0.1, 0.15) is 5.83 Å². The number of hydrogen-bond acceptors (Lipinski definition) is 1. The van der Waals surface area contributed by atoms with Gasteiger partial charge in [-0.25, -0.2) is 9.18 Å². The Hall–Kier alpha value is -0.830. The van der Waals surface area contributed by atoms with Crippen molar-refractivity contribution in [1.82, 2.24) is 0 Å². The van der Waals surface area contributed by atoms with Gasteiger partial charge in [-0.1, -0.05) is 0 Å². The van der Waals surface area contributed by atoms with E-state index in [1.165, 1.54) is 0 Å². The molecule has 4 heteroatoms. The van der Waals surface area contributed by atoms with Crippen LogP contribution in [-0.4, -0.2) is 16.0 Å². The van der Waals surface area contributed by atoms with E-state index in [2.05, 4.69) is 0 Å². The monoisotopic (exact) mass is 176 g/mol. The summed E-state index contributed by atoms with van der Waals surface area (Å²) < 4.78 is 12.3. The predicted octanol–water partition coefficient (Wildman–Crippen LogP) is 1.86. The zero-order valence-corrected chi connectivity index (χ0v) is 6.31. The molecule has 1 rings (SSSR count). The minimum atomic E-state index is -1.45. The van der Waals surface area contributed by atoms with E-state index in [-0.39, 0.29) is 6.42 Å².